The molecule has 0 amide bonds. The Kier molecular flexibility index (Phi) is 4.43. The van der Waals surface area contributed by atoms with Crippen LogP contribution < -0.4 is 4.90 Å². The van der Waals surface area contributed by atoms with Crippen LogP contribution in [0.25, 0.3) is 33.2 Å². The molecular formula is C28H25FN6. The van der Waals surface area contributed by atoms with Crippen LogP contribution in [-0.4, -0.2) is 38.2 Å². The van der Waals surface area contributed by atoms with Gasteiger partial charge in [0.1, 0.15) is 17.2 Å². The Labute approximate surface area is 202 Å². The van der Waals surface area contributed by atoms with Gasteiger partial charge in [0.05, 0.1) is 11.9 Å². The summed E-state index contributed by atoms with van der Waals surface area (Å²) in [7, 11) is 0. The van der Waals surface area contributed by atoms with Gasteiger partial charge in [0.25, 0.3) is 0 Å². The normalized spacial score (nSPS) is 23.5. The number of hydrogen-bond donors (Lipinski definition) is 1. The van der Waals surface area contributed by atoms with Gasteiger partial charge in [-0.2, -0.15) is 5.10 Å². The van der Waals surface area contributed by atoms with Gasteiger partial charge in [-0.1, -0.05) is 37.3 Å². The lowest BCUT2D eigenvalue weighted by atomic mass is 9.88. The van der Waals surface area contributed by atoms with Crippen molar-refractivity contribution in [2.75, 3.05) is 18.0 Å². The third kappa shape index (κ3) is 3.00. The zero-order chi connectivity index (χ0) is 23.6. The molecule has 5 aromatic rings. The summed E-state index contributed by atoms with van der Waals surface area (Å²) < 4.78 is 14.7. The Morgan fingerprint density at radius 3 is 2.89 bits per heavy atom. The van der Waals surface area contributed by atoms with Gasteiger partial charge in [-0.15, -0.1) is 0 Å². The summed E-state index contributed by atoms with van der Waals surface area (Å²) in [5.41, 5.74) is 4.07. The Hall–Kier alpha value is -3.87. The summed E-state index contributed by atoms with van der Waals surface area (Å²) in [5, 5.41) is 9.83. The summed E-state index contributed by atoms with van der Waals surface area (Å²) in [5.74, 6) is 1.71. The molecule has 0 bridgehead atoms. The van der Waals surface area contributed by atoms with E-state index in [9.17, 15) is 4.39 Å². The number of benzene rings is 2. The molecule has 2 aromatic carbocycles. The van der Waals surface area contributed by atoms with Gasteiger partial charge < -0.3 is 4.90 Å². The topological polar surface area (TPSA) is 70.6 Å². The van der Waals surface area contributed by atoms with Gasteiger partial charge in [0.15, 0.2) is 0 Å². The molecule has 1 saturated carbocycles. The molecule has 0 unspecified atom stereocenters. The highest BCUT2D eigenvalue weighted by atomic mass is 19.1. The second-order valence-corrected chi connectivity index (χ2v) is 9.76. The molecular weight excluding hydrogens is 439 g/mol. The summed E-state index contributed by atoms with van der Waals surface area (Å²) in [6, 6.07) is 15.5. The number of anilines is 1. The number of rotatable bonds is 4. The first-order chi connectivity index (χ1) is 17.2. The van der Waals surface area contributed by atoms with Gasteiger partial charge in [-0.3, -0.25) is 10.1 Å². The number of fused-ring (bicyclic) bond motifs is 3. The van der Waals surface area contributed by atoms with Crippen LogP contribution in [0.3, 0.4) is 0 Å². The first-order valence-electron chi connectivity index (χ1n) is 12.2. The van der Waals surface area contributed by atoms with Crippen molar-refractivity contribution in [3.05, 3.63) is 78.5 Å². The maximum Gasteiger partial charge on any atom is 0.202 e. The molecule has 1 N–H and O–H groups in total. The van der Waals surface area contributed by atoms with Crippen LogP contribution in [0, 0.1) is 17.7 Å². The fraction of sp³-hybridized carbons (Fsp3) is 0.286. The average molecular weight is 465 g/mol. The maximum absolute atomic E-state index is 14.7. The van der Waals surface area contributed by atoms with Crippen molar-refractivity contribution in [2.24, 2.45) is 11.8 Å². The van der Waals surface area contributed by atoms with Crippen LogP contribution in [0.1, 0.15) is 25.3 Å². The number of aromatic nitrogens is 5. The molecule has 2 aliphatic rings. The zero-order valence-electron chi connectivity index (χ0n) is 19.4. The zero-order valence-corrected chi connectivity index (χ0v) is 19.4. The van der Waals surface area contributed by atoms with Crippen LogP contribution in [0.4, 0.5) is 10.2 Å². The lowest BCUT2D eigenvalue weighted by molar-refractivity contribution is 0.516. The molecule has 1 aliphatic heterocycles. The van der Waals surface area contributed by atoms with E-state index in [4.69, 9.17) is 9.97 Å². The van der Waals surface area contributed by atoms with Crippen molar-refractivity contribution in [1.82, 2.24) is 25.1 Å². The van der Waals surface area contributed by atoms with Crippen molar-refractivity contribution in [3.8, 4) is 11.3 Å². The molecule has 3 aromatic heterocycles. The predicted octanol–water partition coefficient (Wildman–Crippen LogP) is 5.51. The van der Waals surface area contributed by atoms with E-state index in [0.29, 0.717) is 17.5 Å². The minimum Gasteiger partial charge on any atom is -0.355 e. The van der Waals surface area contributed by atoms with E-state index in [-0.39, 0.29) is 11.2 Å². The van der Waals surface area contributed by atoms with Crippen LogP contribution >= 0.6 is 0 Å². The van der Waals surface area contributed by atoms with E-state index in [2.05, 4.69) is 45.2 Å². The second-order valence-electron chi connectivity index (χ2n) is 9.76. The average Bonchev–Trinajstić information content (AvgIpc) is 3.36. The minimum absolute atomic E-state index is 0.0667. The first kappa shape index (κ1) is 20.5. The van der Waals surface area contributed by atoms with E-state index in [1.54, 1.807) is 18.3 Å². The molecule has 0 spiro atoms. The van der Waals surface area contributed by atoms with Gasteiger partial charge >= 0.3 is 0 Å². The Morgan fingerprint density at radius 1 is 1.09 bits per heavy atom. The molecule has 35 heavy (non-hydrogen) atoms. The Bertz CT molecular complexity index is 1580. The SMILES string of the molecule is CC[C@]1(c2ccccc2F)[C@@H]2CCN(c3cnc4c(-c5ccc6cnccc6c5)[nH]nc4n3)C[C@@H]21. The van der Waals surface area contributed by atoms with Crippen LogP contribution in [-0.2, 0) is 5.41 Å². The van der Waals surface area contributed by atoms with Crippen molar-refractivity contribution in [2.45, 2.75) is 25.2 Å². The largest absolute Gasteiger partial charge is 0.355 e. The molecule has 1 saturated heterocycles. The van der Waals surface area contributed by atoms with Crippen molar-refractivity contribution < 1.29 is 4.39 Å². The minimum atomic E-state index is -0.0782. The fourth-order valence-electron chi connectivity index (χ4n) is 6.52. The molecule has 3 atom stereocenters. The molecule has 7 rings (SSSR count). The lowest BCUT2D eigenvalue weighted by Crippen LogP contribution is -2.32. The van der Waals surface area contributed by atoms with Crippen LogP contribution in [0.5, 0.6) is 0 Å². The van der Waals surface area contributed by atoms with Gasteiger partial charge in [-0.05, 0) is 53.8 Å². The predicted molar refractivity (Wildman–Crippen MR) is 135 cm³/mol. The van der Waals surface area contributed by atoms with E-state index in [1.165, 1.54) is 0 Å². The number of hydrogen-bond acceptors (Lipinski definition) is 5. The van der Waals surface area contributed by atoms with Crippen LogP contribution in [0.15, 0.2) is 67.1 Å². The van der Waals surface area contributed by atoms with Crippen molar-refractivity contribution in [1.29, 1.82) is 0 Å². The highest BCUT2D eigenvalue weighted by molar-refractivity contribution is 5.92. The van der Waals surface area contributed by atoms with Crippen molar-refractivity contribution in [3.63, 3.8) is 0 Å². The lowest BCUT2D eigenvalue weighted by Gasteiger charge is -2.26. The summed E-state index contributed by atoms with van der Waals surface area (Å²) in [6.45, 7) is 3.95. The van der Waals surface area contributed by atoms with Gasteiger partial charge in [0, 0.05) is 41.8 Å². The molecule has 0 radical (unpaired) electrons. The number of H-pyrrole nitrogens is 1. The van der Waals surface area contributed by atoms with E-state index in [0.717, 1.165) is 64.9 Å². The number of piperidine rings is 1. The highest BCUT2D eigenvalue weighted by Crippen LogP contribution is 2.65. The van der Waals surface area contributed by atoms with Crippen LogP contribution in [0.2, 0.25) is 0 Å². The van der Waals surface area contributed by atoms with Gasteiger partial charge in [0.2, 0.25) is 5.65 Å². The second kappa shape index (κ2) is 7.57. The molecule has 7 heteroatoms. The number of aromatic amines is 1. The monoisotopic (exact) mass is 464 g/mol. The van der Waals surface area contributed by atoms with Gasteiger partial charge in [-0.25, -0.2) is 14.4 Å². The quantitative estimate of drug-likeness (QED) is 0.380. The van der Waals surface area contributed by atoms with Crippen molar-refractivity contribution >= 4 is 27.8 Å². The number of halogens is 1. The molecule has 174 valence electrons. The van der Waals surface area contributed by atoms with E-state index >= 15 is 0 Å². The molecule has 1 aliphatic carbocycles. The third-order valence-corrected chi connectivity index (χ3v) is 8.29. The molecule has 2 fully saturated rings. The fourth-order valence-corrected chi connectivity index (χ4v) is 6.52. The number of nitrogens with zero attached hydrogens (tertiary/aromatic N) is 5. The third-order valence-electron chi connectivity index (χ3n) is 8.29. The maximum atomic E-state index is 14.7. The standard InChI is InChI=1S/C28H25FN6/c1-2-28(21-5-3-4-6-23(21)29)20-10-12-35(16-22(20)28)24-15-31-26-25(33-34-27(26)32-24)18-7-8-19-14-30-11-9-17(19)13-18/h3-9,11,13-15,20,22H,2,10,12,16H2,1H3,(H,32,33,34)/t20-,22+,28-/m1/s1. The summed E-state index contributed by atoms with van der Waals surface area (Å²) >= 11 is 0. The smallest absolute Gasteiger partial charge is 0.202 e. The van der Waals surface area contributed by atoms with E-state index < -0.39 is 0 Å². The summed E-state index contributed by atoms with van der Waals surface area (Å²) in [6.07, 6.45) is 7.49. The Morgan fingerprint density at radius 2 is 2.00 bits per heavy atom. The first-order valence-corrected chi connectivity index (χ1v) is 12.2. The number of pyridine rings is 1. The number of nitrogens with one attached hydrogen (secondary N) is 1. The van der Waals surface area contributed by atoms with E-state index in [1.807, 2.05) is 30.6 Å². The molecule has 4 heterocycles. The Balaban J connectivity index is 1.18. The summed E-state index contributed by atoms with van der Waals surface area (Å²) in [4.78, 5) is 16.1. The molecule has 6 nitrogen and oxygen atoms in total. The highest BCUT2D eigenvalue weighted by Gasteiger charge is 2.65.